The third kappa shape index (κ3) is 4.22. The Kier molecular flexibility index (Phi) is 4.73. The molecule has 1 fully saturated rings. The Morgan fingerprint density at radius 3 is 2.68 bits per heavy atom. The molecule has 1 aromatic heterocycles. The number of carbonyl (C=O) groups is 2. The molecule has 122 valence electrons. The van der Waals surface area contributed by atoms with Crippen LogP contribution in [0.4, 0.5) is 4.79 Å². The van der Waals surface area contributed by atoms with Crippen molar-refractivity contribution in [1.29, 1.82) is 0 Å². The quantitative estimate of drug-likeness (QED) is 0.861. The summed E-state index contributed by atoms with van der Waals surface area (Å²) in [6, 6.07) is 1.63. The highest BCUT2D eigenvalue weighted by Crippen LogP contribution is 2.25. The fourth-order valence-corrected chi connectivity index (χ4v) is 2.22. The van der Waals surface area contributed by atoms with Crippen LogP contribution in [-0.4, -0.2) is 39.6 Å². The summed E-state index contributed by atoms with van der Waals surface area (Å²) in [7, 11) is 0. The molecule has 1 heterocycles. The highest BCUT2D eigenvalue weighted by Gasteiger charge is 2.34. The van der Waals surface area contributed by atoms with Gasteiger partial charge < -0.3 is 14.8 Å². The van der Waals surface area contributed by atoms with E-state index in [0.717, 1.165) is 0 Å². The Morgan fingerprint density at radius 1 is 1.41 bits per heavy atom. The van der Waals surface area contributed by atoms with Crippen LogP contribution in [0.2, 0.25) is 0 Å². The van der Waals surface area contributed by atoms with Crippen molar-refractivity contribution in [2.75, 3.05) is 0 Å². The molecule has 22 heavy (non-hydrogen) atoms. The molecule has 7 heteroatoms. The van der Waals surface area contributed by atoms with Crippen LogP contribution in [0.15, 0.2) is 12.3 Å². The predicted octanol–water partition coefficient (Wildman–Crippen LogP) is 2.12. The lowest BCUT2D eigenvalue weighted by Gasteiger charge is -2.35. The topological polar surface area (TPSA) is 82.5 Å². The maximum absolute atomic E-state index is 12.0. The van der Waals surface area contributed by atoms with Gasteiger partial charge in [0, 0.05) is 31.6 Å². The molecule has 0 spiro atoms. The van der Waals surface area contributed by atoms with Crippen LogP contribution in [0.3, 0.4) is 0 Å². The number of ether oxygens (including phenoxy) is 2. The number of aryl methyl sites for hydroxylation is 1. The van der Waals surface area contributed by atoms with Crippen LogP contribution in [0.5, 0.6) is 0 Å². The van der Waals surface area contributed by atoms with E-state index >= 15 is 0 Å². The van der Waals surface area contributed by atoms with Crippen LogP contribution in [-0.2, 0) is 16.0 Å². The summed E-state index contributed by atoms with van der Waals surface area (Å²) in [6.07, 6.45) is 2.17. The van der Waals surface area contributed by atoms with Gasteiger partial charge in [-0.3, -0.25) is 4.68 Å². The molecule has 0 saturated heterocycles. The molecule has 1 N–H and O–H groups in total. The lowest BCUT2D eigenvalue weighted by molar-refractivity contribution is -0.00590. The smallest absolute Gasteiger partial charge is 0.407 e. The van der Waals surface area contributed by atoms with Gasteiger partial charge in [-0.15, -0.1) is 0 Å². The summed E-state index contributed by atoms with van der Waals surface area (Å²) in [5.74, 6) is -0.375. The van der Waals surface area contributed by atoms with Crippen molar-refractivity contribution in [3.05, 3.63) is 18.0 Å². The predicted molar refractivity (Wildman–Crippen MR) is 79.5 cm³/mol. The minimum absolute atomic E-state index is 0.0104. The number of nitrogens with one attached hydrogen (secondary N) is 1. The van der Waals surface area contributed by atoms with E-state index in [1.807, 2.05) is 27.7 Å². The normalized spacial score (nSPS) is 20.9. The maximum atomic E-state index is 12.0. The minimum Gasteiger partial charge on any atom is -0.458 e. The van der Waals surface area contributed by atoms with Gasteiger partial charge >= 0.3 is 12.1 Å². The van der Waals surface area contributed by atoms with Crippen LogP contribution in [0, 0.1) is 0 Å². The van der Waals surface area contributed by atoms with Crippen molar-refractivity contribution in [2.45, 2.75) is 64.8 Å². The summed E-state index contributed by atoms with van der Waals surface area (Å²) < 4.78 is 12.2. The number of hydrogen-bond donors (Lipinski definition) is 1. The van der Waals surface area contributed by atoms with Crippen LogP contribution in [0.1, 0.15) is 51.0 Å². The van der Waals surface area contributed by atoms with Gasteiger partial charge in [-0.05, 0) is 33.8 Å². The van der Waals surface area contributed by atoms with Crippen LogP contribution < -0.4 is 5.32 Å². The van der Waals surface area contributed by atoms with E-state index in [-0.39, 0.29) is 18.1 Å². The van der Waals surface area contributed by atoms with E-state index in [1.165, 1.54) is 0 Å². The van der Waals surface area contributed by atoms with Crippen molar-refractivity contribution in [2.24, 2.45) is 0 Å². The van der Waals surface area contributed by atoms with Gasteiger partial charge in [-0.25, -0.2) is 9.59 Å². The molecule has 0 aliphatic heterocycles. The monoisotopic (exact) mass is 309 g/mol. The highest BCUT2D eigenvalue weighted by atomic mass is 16.6. The van der Waals surface area contributed by atoms with E-state index in [0.29, 0.717) is 25.1 Å². The minimum atomic E-state index is -0.516. The molecule has 0 radical (unpaired) electrons. The van der Waals surface area contributed by atoms with Gasteiger partial charge in [0.15, 0.2) is 0 Å². The number of esters is 1. The number of alkyl carbamates (subject to hydrolysis) is 1. The van der Waals surface area contributed by atoms with Crippen molar-refractivity contribution in [1.82, 2.24) is 15.1 Å². The fraction of sp³-hybridized carbons (Fsp3) is 0.667. The second-order valence-electron chi connectivity index (χ2n) is 6.37. The first-order valence-corrected chi connectivity index (χ1v) is 7.51. The molecule has 1 aromatic rings. The first-order valence-electron chi connectivity index (χ1n) is 7.51. The third-order valence-corrected chi connectivity index (χ3v) is 3.31. The number of amides is 1. The van der Waals surface area contributed by atoms with Gasteiger partial charge in [0.1, 0.15) is 17.4 Å². The first-order chi connectivity index (χ1) is 10.3. The summed E-state index contributed by atoms with van der Waals surface area (Å²) in [4.78, 5) is 23.6. The largest absolute Gasteiger partial charge is 0.458 e. The Labute approximate surface area is 130 Å². The van der Waals surface area contributed by atoms with Gasteiger partial charge in [-0.2, -0.15) is 5.10 Å². The molecule has 0 aromatic carbocycles. The zero-order chi connectivity index (χ0) is 16.3. The average molecular weight is 309 g/mol. The Balaban J connectivity index is 1.73. The van der Waals surface area contributed by atoms with E-state index < -0.39 is 11.7 Å². The van der Waals surface area contributed by atoms with Crippen LogP contribution >= 0.6 is 0 Å². The molecule has 0 unspecified atom stereocenters. The summed E-state index contributed by atoms with van der Waals surface area (Å²) in [5, 5.41) is 6.80. The molecule has 1 aliphatic rings. The number of rotatable bonds is 4. The van der Waals surface area contributed by atoms with Crippen molar-refractivity contribution < 1.29 is 19.1 Å². The van der Waals surface area contributed by atoms with Crippen molar-refractivity contribution in [3.63, 3.8) is 0 Å². The van der Waals surface area contributed by atoms with Gasteiger partial charge in [0.2, 0.25) is 0 Å². The number of aromatic nitrogens is 2. The second-order valence-corrected chi connectivity index (χ2v) is 6.37. The lowest BCUT2D eigenvalue weighted by atomic mass is 9.89. The van der Waals surface area contributed by atoms with Crippen molar-refractivity contribution >= 4 is 12.1 Å². The molecule has 1 aliphatic carbocycles. The summed E-state index contributed by atoms with van der Waals surface area (Å²) >= 11 is 0. The number of hydrogen-bond acceptors (Lipinski definition) is 5. The first kappa shape index (κ1) is 16.3. The lowest BCUT2D eigenvalue weighted by Crippen LogP contribution is -2.49. The SMILES string of the molecule is CCn1nccc1C(=O)OC1CC(NC(=O)OC(C)(C)C)C1. The molecule has 2 rings (SSSR count). The zero-order valence-corrected chi connectivity index (χ0v) is 13.5. The zero-order valence-electron chi connectivity index (χ0n) is 13.5. The Bertz CT molecular complexity index is 541. The standard InChI is InChI=1S/C15H23N3O4/c1-5-18-12(6-7-16-18)13(19)21-11-8-10(9-11)17-14(20)22-15(2,3)4/h6-7,10-11H,5,8-9H2,1-4H3,(H,17,20). The van der Waals surface area contributed by atoms with E-state index in [4.69, 9.17) is 9.47 Å². The maximum Gasteiger partial charge on any atom is 0.407 e. The Hall–Kier alpha value is -2.05. The fourth-order valence-electron chi connectivity index (χ4n) is 2.22. The van der Waals surface area contributed by atoms with Gasteiger partial charge in [0.25, 0.3) is 0 Å². The van der Waals surface area contributed by atoms with E-state index in [9.17, 15) is 9.59 Å². The molecule has 7 nitrogen and oxygen atoms in total. The molecule has 1 saturated carbocycles. The van der Waals surface area contributed by atoms with Gasteiger partial charge in [0.05, 0.1) is 0 Å². The Morgan fingerprint density at radius 2 is 2.09 bits per heavy atom. The third-order valence-electron chi connectivity index (χ3n) is 3.31. The number of nitrogens with zero attached hydrogens (tertiary/aromatic N) is 2. The highest BCUT2D eigenvalue weighted by molar-refractivity contribution is 5.87. The molecular formula is C15H23N3O4. The molecular weight excluding hydrogens is 286 g/mol. The number of carbonyl (C=O) groups excluding carboxylic acids is 2. The van der Waals surface area contributed by atoms with Crippen molar-refractivity contribution in [3.8, 4) is 0 Å². The molecule has 1 amide bonds. The average Bonchev–Trinajstić information content (AvgIpc) is 2.81. The molecule has 0 atom stereocenters. The summed E-state index contributed by atoms with van der Waals surface area (Å²) in [5.41, 5.74) is -0.0656. The van der Waals surface area contributed by atoms with E-state index in [1.54, 1.807) is 16.9 Å². The van der Waals surface area contributed by atoms with Gasteiger partial charge in [-0.1, -0.05) is 0 Å². The van der Waals surface area contributed by atoms with Crippen LogP contribution in [0.25, 0.3) is 0 Å². The second kappa shape index (κ2) is 6.37. The molecule has 0 bridgehead atoms. The van der Waals surface area contributed by atoms with E-state index in [2.05, 4.69) is 10.4 Å². The summed E-state index contributed by atoms with van der Waals surface area (Å²) in [6.45, 7) is 7.97.